The molecule has 2 N–H and O–H groups in total. The van der Waals surface area contributed by atoms with Crippen LogP contribution in [0.1, 0.15) is 32.1 Å². The number of carbonyl (C=O) groups is 2. The topological polar surface area (TPSA) is 93.3 Å². The number of hydrogen-bond acceptors (Lipinski definition) is 4. The van der Waals surface area contributed by atoms with Crippen molar-refractivity contribution in [2.45, 2.75) is 44.7 Å². The molecule has 2 heterocycles. The van der Waals surface area contributed by atoms with E-state index in [-0.39, 0.29) is 18.2 Å². The lowest BCUT2D eigenvalue weighted by Gasteiger charge is -2.15. The van der Waals surface area contributed by atoms with Crippen molar-refractivity contribution < 1.29 is 14.0 Å². The Labute approximate surface area is 139 Å². The van der Waals surface area contributed by atoms with E-state index in [1.54, 1.807) is 12.1 Å². The third-order valence-electron chi connectivity index (χ3n) is 4.23. The Hall–Kier alpha value is -2.57. The van der Waals surface area contributed by atoms with Crippen LogP contribution in [-0.2, 0) is 16.1 Å². The maximum absolute atomic E-state index is 12.0. The summed E-state index contributed by atoms with van der Waals surface area (Å²) in [4.78, 5) is 35.7. The Morgan fingerprint density at radius 2 is 2.12 bits per heavy atom. The summed E-state index contributed by atoms with van der Waals surface area (Å²) in [5.41, 5.74) is 1.27. The lowest BCUT2D eigenvalue weighted by atomic mass is 10.1. The highest BCUT2D eigenvalue weighted by atomic mass is 16.4. The van der Waals surface area contributed by atoms with E-state index in [1.165, 1.54) is 4.57 Å². The van der Waals surface area contributed by atoms with Crippen molar-refractivity contribution in [2.75, 3.05) is 6.54 Å². The van der Waals surface area contributed by atoms with Crippen molar-refractivity contribution in [1.29, 1.82) is 0 Å². The fourth-order valence-corrected chi connectivity index (χ4v) is 2.97. The second kappa shape index (κ2) is 7.33. The molecule has 1 aliphatic rings. The number of nitrogens with zero attached hydrogens (tertiary/aromatic N) is 1. The molecular weight excluding hydrogens is 310 g/mol. The molecule has 0 unspecified atom stereocenters. The van der Waals surface area contributed by atoms with Crippen LogP contribution >= 0.6 is 0 Å². The SMILES string of the molecule is O=C(CCCn1c(=O)oc2ccccc21)N[C@@H]1CCCCNC1=O. The van der Waals surface area contributed by atoms with E-state index in [1.807, 2.05) is 12.1 Å². The molecule has 1 fully saturated rings. The summed E-state index contributed by atoms with van der Waals surface area (Å²) in [6.07, 6.45) is 3.29. The predicted octanol–water partition coefficient (Wildman–Crippen LogP) is 1.16. The zero-order valence-corrected chi connectivity index (χ0v) is 13.4. The zero-order chi connectivity index (χ0) is 16.9. The van der Waals surface area contributed by atoms with Gasteiger partial charge in [0.2, 0.25) is 11.8 Å². The molecule has 0 bridgehead atoms. The Kier molecular flexibility index (Phi) is 4.98. The summed E-state index contributed by atoms with van der Waals surface area (Å²) in [5, 5.41) is 5.57. The molecule has 2 amide bonds. The highest BCUT2D eigenvalue weighted by Gasteiger charge is 2.22. The summed E-state index contributed by atoms with van der Waals surface area (Å²) in [6, 6.07) is 6.75. The average molecular weight is 331 g/mol. The van der Waals surface area contributed by atoms with Gasteiger partial charge >= 0.3 is 5.76 Å². The molecule has 1 saturated heterocycles. The van der Waals surface area contributed by atoms with Gasteiger partial charge in [-0.05, 0) is 37.8 Å². The van der Waals surface area contributed by atoms with Crippen molar-refractivity contribution in [1.82, 2.24) is 15.2 Å². The second-order valence-corrected chi connectivity index (χ2v) is 6.00. The van der Waals surface area contributed by atoms with Crippen molar-refractivity contribution in [3.63, 3.8) is 0 Å². The van der Waals surface area contributed by atoms with E-state index in [2.05, 4.69) is 10.6 Å². The quantitative estimate of drug-likeness (QED) is 0.860. The van der Waals surface area contributed by atoms with Crippen LogP contribution in [0.3, 0.4) is 0 Å². The number of amides is 2. The summed E-state index contributed by atoms with van der Waals surface area (Å²) in [6.45, 7) is 1.07. The first-order valence-corrected chi connectivity index (χ1v) is 8.30. The molecule has 1 aromatic carbocycles. The Balaban J connectivity index is 1.54. The van der Waals surface area contributed by atoms with Gasteiger partial charge in [-0.3, -0.25) is 14.2 Å². The lowest BCUT2D eigenvalue weighted by molar-refractivity contribution is -0.128. The van der Waals surface area contributed by atoms with Crippen molar-refractivity contribution in [3.05, 3.63) is 34.8 Å². The molecule has 0 aliphatic carbocycles. The molecule has 1 atom stereocenters. The Morgan fingerprint density at radius 1 is 1.29 bits per heavy atom. The van der Waals surface area contributed by atoms with Gasteiger partial charge in [0.1, 0.15) is 6.04 Å². The molecule has 0 radical (unpaired) electrons. The van der Waals surface area contributed by atoms with E-state index < -0.39 is 11.8 Å². The molecule has 1 aromatic heterocycles. The minimum absolute atomic E-state index is 0.113. The smallest absolute Gasteiger partial charge is 0.408 e. The van der Waals surface area contributed by atoms with Crippen molar-refractivity contribution >= 4 is 22.9 Å². The van der Waals surface area contributed by atoms with Gasteiger partial charge in [0.05, 0.1) is 5.52 Å². The van der Waals surface area contributed by atoms with Gasteiger partial charge in [0, 0.05) is 19.5 Å². The number of benzene rings is 1. The average Bonchev–Trinajstić information content (AvgIpc) is 2.74. The van der Waals surface area contributed by atoms with Crippen LogP contribution in [0, 0.1) is 0 Å². The van der Waals surface area contributed by atoms with Crippen LogP contribution in [0.5, 0.6) is 0 Å². The summed E-state index contributed by atoms with van der Waals surface area (Å²) >= 11 is 0. The number of hydrogen-bond donors (Lipinski definition) is 2. The van der Waals surface area contributed by atoms with E-state index in [0.29, 0.717) is 31.5 Å². The fourth-order valence-electron chi connectivity index (χ4n) is 2.97. The van der Waals surface area contributed by atoms with E-state index >= 15 is 0 Å². The molecule has 7 nitrogen and oxygen atoms in total. The van der Waals surface area contributed by atoms with Crippen LogP contribution in [0.15, 0.2) is 33.5 Å². The van der Waals surface area contributed by atoms with Crippen LogP contribution < -0.4 is 16.4 Å². The molecule has 128 valence electrons. The van der Waals surface area contributed by atoms with Crippen molar-refractivity contribution in [3.8, 4) is 0 Å². The second-order valence-electron chi connectivity index (χ2n) is 6.00. The number of carbonyl (C=O) groups excluding carboxylic acids is 2. The molecular formula is C17H21N3O4. The standard InChI is InChI=1S/C17H21N3O4/c21-15(19-12-6-3-4-10-18-16(12)22)9-5-11-20-13-7-1-2-8-14(13)24-17(20)23/h1-2,7-8,12H,3-6,9-11H2,(H,18,22)(H,19,21)/t12-/m1/s1. The summed E-state index contributed by atoms with van der Waals surface area (Å²) in [5.74, 6) is -0.699. The van der Waals surface area contributed by atoms with Crippen LogP contribution in [0.25, 0.3) is 11.1 Å². The van der Waals surface area contributed by atoms with Gasteiger partial charge in [-0.2, -0.15) is 0 Å². The minimum atomic E-state index is -0.447. The molecule has 2 aromatic rings. The number of nitrogens with one attached hydrogen (secondary N) is 2. The van der Waals surface area contributed by atoms with Crippen molar-refractivity contribution in [2.24, 2.45) is 0 Å². The highest BCUT2D eigenvalue weighted by molar-refractivity contribution is 5.87. The first kappa shape index (κ1) is 16.3. The van der Waals surface area contributed by atoms with Gasteiger partial charge in [0.15, 0.2) is 5.58 Å². The number of fused-ring (bicyclic) bond motifs is 1. The Bertz CT molecular complexity index is 792. The number of rotatable bonds is 5. The lowest BCUT2D eigenvalue weighted by Crippen LogP contribution is -2.45. The third kappa shape index (κ3) is 3.67. The molecule has 3 rings (SSSR count). The minimum Gasteiger partial charge on any atom is -0.408 e. The first-order chi connectivity index (χ1) is 11.6. The number of aromatic nitrogens is 1. The molecule has 1 aliphatic heterocycles. The molecule has 7 heteroatoms. The maximum atomic E-state index is 12.0. The fraction of sp³-hybridized carbons (Fsp3) is 0.471. The van der Waals surface area contributed by atoms with E-state index in [0.717, 1.165) is 18.4 Å². The first-order valence-electron chi connectivity index (χ1n) is 8.30. The maximum Gasteiger partial charge on any atom is 0.419 e. The normalized spacial score (nSPS) is 18.2. The third-order valence-corrected chi connectivity index (χ3v) is 4.23. The van der Waals surface area contributed by atoms with Gasteiger partial charge in [-0.15, -0.1) is 0 Å². The summed E-state index contributed by atoms with van der Waals surface area (Å²) < 4.78 is 6.69. The molecule has 0 spiro atoms. The van der Waals surface area contributed by atoms with Gasteiger partial charge in [-0.25, -0.2) is 4.79 Å². The predicted molar refractivity (Wildman–Crippen MR) is 88.5 cm³/mol. The molecule has 0 saturated carbocycles. The number of para-hydroxylation sites is 2. The summed E-state index contributed by atoms with van der Waals surface area (Å²) in [7, 11) is 0. The van der Waals surface area contributed by atoms with Gasteiger partial charge in [0.25, 0.3) is 0 Å². The monoisotopic (exact) mass is 331 g/mol. The van der Waals surface area contributed by atoms with Crippen LogP contribution in [-0.4, -0.2) is 29.0 Å². The van der Waals surface area contributed by atoms with E-state index in [4.69, 9.17) is 4.42 Å². The zero-order valence-electron chi connectivity index (χ0n) is 13.4. The van der Waals surface area contributed by atoms with Crippen LogP contribution in [0.4, 0.5) is 0 Å². The van der Waals surface area contributed by atoms with Gasteiger partial charge < -0.3 is 15.1 Å². The highest BCUT2D eigenvalue weighted by Crippen LogP contribution is 2.12. The van der Waals surface area contributed by atoms with Crippen LogP contribution in [0.2, 0.25) is 0 Å². The molecule has 24 heavy (non-hydrogen) atoms. The Morgan fingerprint density at radius 3 is 3.00 bits per heavy atom. The number of aryl methyl sites for hydroxylation is 1. The van der Waals surface area contributed by atoms with Gasteiger partial charge in [-0.1, -0.05) is 12.1 Å². The largest absolute Gasteiger partial charge is 0.419 e. The van der Waals surface area contributed by atoms with E-state index in [9.17, 15) is 14.4 Å². The number of oxazole rings is 1.